The van der Waals surface area contributed by atoms with Crippen LogP contribution >= 0.6 is 0 Å². The van der Waals surface area contributed by atoms with Crippen LogP contribution in [-0.4, -0.2) is 29.1 Å². The summed E-state index contributed by atoms with van der Waals surface area (Å²) in [5, 5.41) is 0.964. The SMILES string of the molecule is CC(C)(C)[Si](N1[Si](C)(C)O[Si]1(C)C)(C(C)(C)C)C(C)(C)C. The molecule has 0 unspecified atom stereocenters. The molecule has 0 aliphatic carbocycles. The Morgan fingerprint density at radius 3 is 0.952 bits per heavy atom. The van der Waals surface area contributed by atoms with E-state index in [1.807, 2.05) is 0 Å². The normalized spacial score (nSPS) is 23.9. The lowest BCUT2D eigenvalue weighted by Crippen LogP contribution is -2.90. The van der Waals surface area contributed by atoms with Gasteiger partial charge in [0, 0.05) is 0 Å². The third-order valence-corrected chi connectivity index (χ3v) is 27.0. The monoisotopic (exact) mass is 345 g/mol. The van der Waals surface area contributed by atoms with Gasteiger partial charge in [0.25, 0.3) is 0 Å². The van der Waals surface area contributed by atoms with Crippen LogP contribution in [0.25, 0.3) is 0 Å². The minimum Gasteiger partial charge on any atom is -0.434 e. The molecule has 0 amide bonds. The van der Waals surface area contributed by atoms with Crippen molar-refractivity contribution in [2.75, 3.05) is 0 Å². The van der Waals surface area contributed by atoms with Gasteiger partial charge in [-0.25, -0.2) is 0 Å². The Balaban J connectivity index is 3.76. The molecule has 2 nitrogen and oxygen atoms in total. The molecular formula is C16H39NOSi3. The molecular weight excluding hydrogens is 306 g/mol. The van der Waals surface area contributed by atoms with E-state index in [1.54, 1.807) is 0 Å². The third-order valence-electron chi connectivity index (χ3n) is 5.17. The van der Waals surface area contributed by atoms with Gasteiger partial charge in [-0.3, -0.25) is 0 Å². The first kappa shape index (κ1) is 19.6. The molecule has 0 saturated carbocycles. The van der Waals surface area contributed by atoms with Crippen molar-refractivity contribution in [1.29, 1.82) is 0 Å². The molecule has 21 heavy (non-hydrogen) atoms. The quantitative estimate of drug-likeness (QED) is 0.535. The van der Waals surface area contributed by atoms with E-state index in [9.17, 15) is 0 Å². The molecule has 0 aromatic heterocycles. The first-order valence-corrected chi connectivity index (χ1v) is 16.0. The van der Waals surface area contributed by atoms with Crippen LogP contribution in [0.1, 0.15) is 62.3 Å². The number of hydrogen-bond donors (Lipinski definition) is 0. The van der Waals surface area contributed by atoms with E-state index >= 15 is 0 Å². The molecule has 1 aliphatic rings. The highest BCUT2D eigenvalue weighted by Gasteiger charge is 2.73. The first-order chi connectivity index (χ1) is 8.82. The van der Waals surface area contributed by atoms with E-state index < -0.39 is 25.2 Å². The molecule has 1 fully saturated rings. The Labute approximate surface area is 137 Å². The minimum absolute atomic E-state index is 0.321. The second-order valence-corrected chi connectivity index (χ2v) is 26.0. The smallest absolute Gasteiger partial charge is 0.243 e. The summed E-state index contributed by atoms with van der Waals surface area (Å²) in [4.78, 5) is 0. The van der Waals surface area contributed by atoms with Crippen molar-refractivity contribution < 1.29 is 4.12 Å². The Hall–Kier alpha value is 0.571. The topological polar surface area (TPSA) is 12.5 Å². The van der Waals surface area contributed by atoms with E-state index in [0.717, 1.165) is 0 Å². The minimum atomic E-state index is -1.86. The van der Waals surface area contributed by atoms with Crippen LogP contribution in [0.15, 0.2) is 0 Å². The maximum atomic E-state index is 6.56. The van der Waals surface area contributed by atoms with E-state index in [1.165, 1.54) is 0 Å². The van der Waals surface area contributed by atoms with Crippen molar-refractivity contribution in [3.05, 3.63) is 0 Å². The summed E-state index contributed by atoms with van der Waals surface area (Å²) in [5.41, 5.74) is 0. The molecule has 1 rings (SSSR count). The van der Waals surface area contributed by atoms with Gasteiger partial charge in [0.1, 0.15) is 8.24 Å². The van der Waals surface area contributed by atoms with Crippen molar-refractivity contribution in [2.24, 2.45) is 0 Å². The fraction of sp³-hybridized carbons (Fsp3) is 1.00. The summed E-state index contributed by atoms with van der Waals surface area (Å²) < 4.78 is 9.62. The van der Waals surface area contributed by atoms with Crippen LogP contribution in [0, 0.1) is 0 Å². The largest absolute Gasteiger partial charge is 0.434 e. The zero-order chi connectivity index (χ0) is 17.3. The maximum Gasteiger partial charge on any atom is 0.243 e. The zero-order valence-corrected chi connectivity index (χ0v) is 19.9. The number of rotatable bonds is 1. The third kappa shape index (κ3) is 2.67. The van der Waals surface area contributed by atoms with Gasteiger partial charge in [0.05, 0.1) is 0 Å². The van der Waals surface area contributed by atoms with Crippen molar-refractivity contribution in [3.8, 4) is 0 Å². The van der Waals surface area contributed by atoms with Gasteiger partial charge in [0.2, 0.25) is 17.0 Å². The molecule has 1 saturated heterocycles. The van der Waals surface area contributed by atoms with E-state index in [-0.39, 0.29) is 0 Å². The van der Waals surface area contributed by atoms with Crippen molar-refractivity contribution in [1.82, 2.24) is 3.90 Å². The zero-order valence-electron chi connectivity index (χ0n) is 16.9. The molecule has 0 spiro atoms. The highest BCUT2D eigenvalue weighted by molar-refractivity contribution is 7.12. The average Bonchev–Trinajstić information content (AvgIpc) is 2.04. The second-order valence-electron chi connectivity index (χ2n) is 10.8. The van der Waals surface area contributed by atoms with Crippen molar-refractivity contribution in [3.63, 3.8) is 0 Å². The molecule has 0 bridgehead atoms. The summed E-state index contributed by atoms with van der Waals surface area (Å²) in [6.45, 7) is 32.1. The lowest BCUT2D eigenvalue weighted by atomic mass is 10.2. The Bertz CT molecular complexity index is 361. The second kappa shape index (κ2) is 4.79. The number of hydrogen-bond acceptors (Lipinski definition) is 2. The highest BCUT2D eigenvalue weighted by Crippen LogP contribution is 2.66. The molecule has 5 heteroatoms. The lowest BCUT2D eigenvalue weighted by molar-refractivity contribution is 0.342. The lowest BCUT2D eigenvalue weighted by Gasteiger charge is -2.75. The molecule has 1 heterocycles. The summed E-state index contributed by atoms with van der Waals surface area (Å²) in [7, 11) is -5.30. The van der Waals surface area contributed by atoms with Crippen LogP contribution in [-0.2, 0) is 4.12 Å². The van der Waals surface area contributed by atoms with E-state index in [4.69, 9.17) is 4.12 Å². The van der Waals surface area contributed by atoms with Crippen molar-refractivity contribution in [2.45, 2.75) is 104 Å². The molecule has 0 atom stereocenters. The number of nitrogens with zero attached hydrogens (tertiary/aromatic N) is 1. The predicted molar refractivity (Wildman–Crippen MR) is 103 cm³/mol. The molecule has 0 aromatic carbocycles. The van der Waals surface area contributed by atoms with Crippen LogP contribution in [0.4, 0.5) is 0 Å². The van der Waals surface area contributed by atoms with Crippen LogP contribution in [0.2, 0.25) is 41.3 Å². The summed E-state index contributed by atoms with van der Waals surface area (Å²) >= 11 is 0. The fourth-order valence-electron chi connectivity index (χ4n) is 6.50. The molecule has 1 aliphatic heterocycles. The fourth-order valence-corrected chi connectivity index (χ4v) is 39.1. The summed E-state index contributed by atoms with van der Waals surface area (Å²) in [5.74, 6) is 0. The summed E-state index contributed by atoms with van der Waals surface area (Å²) in [6.07, 6.45) is 0. The van der Waals surface area contributed by atoms with Crippen molar-refractivity contribution >= 4 is 25.2 Å². The Morgan fingerprint density at radius 2 is 0.857 bits per heavy atom. The Kier molecular flexibility index (Phi) is 4.47. The van der Waals surface area contributed by atoms with Crippen LogP contribution < -0.4 is 0 Å². The molecule has 0 radical (unpaired) electrons. The van der Waals surface area contributed by atoms with Gasteiger partial charge in [0.15, 0.2) is 0 Å². The van der Waals surface area contributed by atoms with Gasteiger partial charge in [-0.05, 0) is 41.3 Å². The Morgan fingerprint density at radius 1 is 0.619 bits per heavy atom. The van der Waals surface area contributed by atoms with Crippen LogP contribution in [0.5, 0.6) is 0 Å². The van der Waals surface area contributed by atoms with Gasteiger partial charge in [-0.2, -0.15) is 0 Å². The van der Waals surface area contributed by atoms with Gasteiger partial charge in [-0.1, -0.05) is 62.3 Å². The van der Waals surface area contributed by atoms with Gasteiger partial charge in [-0.15, -0.1) is 0 Å². The van der Waals surface area contributed by atoms with E-state index in [0.29, 0.717) is 15.1 Å². The maximum absolute atomic E-state index is 6.56. The van der Waals surface area contributed by atoms with Crippen LogP contribution in [0.3, 0.4) is 0 Å². The summed E-state index contributed by atoms with van der Waals surface area (Å²) in [6, 6.07) is 0. The molecule has 126 valence electrons. The first-order valence-electron chi connectivity index (χ1n) is 8.33. The average molecular weight is 346 g/mol. The van der Waals surface area contributed by atoms with Gasteiger partial charge >= 0.3 is 0 Å². The highest BCUT2D eigenvalue weighted by atomic mass is 28.6. The molecule has 0 N–H and O–H groups in total. The molecule has 0 aromatic rings. The van der Waals surface area contributed by atoms with Gasteiger partial charge < -0.3 is 8.01 Å². The standard InChI is InChI=1S/C16H39NOSi3/c1-14(2,3)21(15(4,5)6,16(7,8)9)17-19(10,11)18-20(17,12)13/h1-13H3. The van der Waals surface area contributed by atoms with E-state index in [2.05, 4.69) is 92.4 Å². The predicted octanol–water partition coefficient (Wildman–Crippen LogP) is 6.07.